The standard InChI is InChI=1S/C14H17N5O2S/c1-3-22(20,21)5-4-19-10-13(9-16-19)18-14-7-12(8-15)6-11(2)17-14/h6-7,9-10H,3-5H2,1-2H3,(H,17,18). The highest BCUT2D eigenvalue weighted by Gasteiger charge is 2.08. The molecular formula is C14H17N5O2S. The van der Waals surface area contributed by atoms with E-state index in [-0.39, 0.29) is 11.5 Å². The number of aromatic nitrogens is 3. The zero-order valence-electron chi connectivity index (χ0n) is 12.4. The van der Waals surface area contributed by atoms with Gasteiger partial charge in [-0.15, -0.1) is 0 Å². The van der Waals surface area contributed by atoms with Crippen LogP contribution in [-0.2, 0) is 16.4 Å². The minimum atomic E-state index is -3.01. The molecular weight excluding hydrogens is 302 g/mol. The van der Waals surface area contributed by atoms with E-state index in [4.69, 9.17) is 5.26 Å². The summed E-state index contributed by atoms with van der Waals surface area (Å²) in [5.41, 5.74) is 1.95. The fourth-order valence-electron chi connectivity index (χ4n) is 1.87. The number of nitrogens with one attached hydrogen (secondary N) is 1. The molecule has 0 saturated heterocycles. The molecule has 2 heterocycles. The number of nitrogens with zero attached hydrogens (tertiary/aromatic N) is 4. The molecule has 0 spiro atoms. The maximum Gasteiger partial charge on any atom is 0.151 e. The fourth-order valence-corrected chi connectivity index (χ4v) is 2.63. The number of sulfone groups is 1. The van der Waals surface area contributed by atoms with E-state index in [1.54, 1.807) is 36.1 Å². The second kappa shape index (κ2) is 6.58. The van der Waals surface area contributed by atoms with E-state index in [1.807, 2.05) is 6.92 Å². The Kier molecular flexibility index (Phi) is 4.78. The highest BCUT2D eigenvalue weighted by molar-refractivity contribution is 7.91. The van der Waals surface area contributed by atoms with E-state index < -0.39 is 9.84 Å². The van der Waals surface area contributed by atoms with Gasteiger partial charge in [-0.3, -0.25) is 4.68 Å². The molecule has 1 N–H and O–H groups in total. The van der Waals surface area contributed by atoms with Crippen molar-refractivity contribution in [2.45, 2.75) is 20.4 Å². The Morgan fingerprint density at radius 1 is 1.41 bits per heavy atom. The molecule has 0 radical (unpaired) electrons. The van der Waals surface area contributed by atoms with Gasteiger partial charge in [0, 0.05) is 17.6 Å². The summed E-state index contributed by atoms with van der Waals surface area (Å²) in [7, 11) is -3.01. The van der Waals surface area contributed by atoms with Crippen LogP contribution >= 0.6 is 0 Å². The van der Waals surface area contributed by atoms with Crippen molar-refractivity contribution < 1.29 is 8.42 Å². The SMILES string of the molecule is CCS(=O)(=O)CCn1cc(Nc2cc(C#N)cc(C)n2)cn1. The van der Waals surface area contributed by atoms with Crippen molar-refractivity contribution in [1.29, 1.82) is 5.26 Å². The molecule has 0 bridgehead atoms. The number of anilines is 2. The van der Waals surface area contributed by atoms with Crippen molar-refractivity contribution in [3.63, 3.8) is 0 Å². The molecule has 2 aromatic rings. The van der Waals surface area contributed by atoms with Gasteiger partial charge in [-0.05, 0) is 19.1 Å². The summed E-state index contributed by atoms with van der Waals surface area (Å²) in [4.78, 5) is 4.29. The molecule has 8 heteroatoms. The van der Waals surface area contributed by atoms with Crippen LogP contribution in [0.3, 0.4) is 0 Å². The highest BCUT2D eigenvalue weighted by Crippen LogP contribution is 2.16. The summed E-state index contributed by atoms with van der Waals surface area (Å²) in [6.07, 6.45) is 3.30. The van der Waals surface area contributed by atoms with Gasteiger partial charge < -0.3 is 5.32 Å². The average Bonchev–Trinajstić information content (AvgIpc) is 2.92. The van der Waals surface area contributed by atoms with Gasteiger partial charge in [-0.1, -0.05) is 6.92 Å². The first kappa shape index (κ1) is 16.0. The zero-order valence-corrected chi connectivity index (χ0v) is 13.3. The molecule has 2 rings (SSSR count). The molecule has 0 atom stereocenters. The maximum atomic E-state index is 11.5. The summed E-state index contributed by atoms with van der Waals surface area (Å²) in [5.74, 6) is 0.743. The van der Waals surface area contributed by atoms with E-state index in [1.165, 1.54) is 0 Å². The van der Waals surface area contributed by atoms with Gasteiger partial charge >= 0.3 is 0 Å². The topological polar surface area (TPSA) is 101 Å². The lowest BCUT2D eigenvalue weighted by Gasteiger charge is -2.04. The minimum absolute atomic E-state index is 0.0614. The fraction of sp³-hybridized carbons (Fsp3) is 0.357. The predicted octanol–water partition coefficient (Wildman–Crippen LogP) is 1.64. The predicted molar refractivity (Wildman–Crippen MR) is 83.5 cm³/mol. The third-order valence-corrected chi connectivity index (χ3v) is 4.74. The number of aryl methyl sites for hydroxylation is 2. The summed E-state index contributed by atoms with van der Waals surface area (Å²) < 4.78 is 24.5. The molecule has 0 amide bonds. The lowest BCUT2D eigenvalue weighted by molar-refractivity contribution is 0.582. The van der Waals surface area contributed by atoms with Crippen molar-refractivity contribution in [2.24, 2.45) is 0 Å². The third kappa shape index (κ3) is 4.30. The van der Waals surface area contributed by atoms with Crippen LogP contribution in [0, 0.1) is 18.3 Å². The molecule has 0 aromatic carbocycles. The number of hydrogen-bond donors (Lipinski definition) is 1. The van der Waals surface area contributed by atoms with Crippen LogP contribution in [0.5, 0.6) is 0 Å². The minimum Gasteiger partial charge on any atom is -0.338 e. The van der Waals surface area contributed by atoms with Gasteiger partial charge in [-0.25, -0.2) is 13.4 Å². The number of pyridine rings is 1. The van der Waals surface area contributed by atoms with Crippen LogP contribution < -0.4 is 5.32 Å². The van der Waals surface area contributed by atoms with Gasteiger partial charge in [-0.2, -0.15) is 10.4 Å². The highest BCUT2D eigenvalue weighted by atomic mass is 32.2. The van der Waals surface area contributed by atoms with Gasteiger partial charge in [0.25, 0.3) is 0 Å². The van der Waals surface area contributed by atoms with Gasteiger partial charge in [0.05, 0.1) is 35.8 Å². The number of hydrogen-bond acceptors (Lipinski definition) is 6. The van der Waals surface area contributed by atoms with Crippen molar-refractivity contribution in [3.05, 3.63) is 35.8 Å². The third-order valence-electron chi connectivity index (χ3n) is 3.06. The molecule has 0 aliphatic rings. The summed E-state index contributed by atoms with van der Waals surface area (Å²) in [6, 6.07) is 5.42. The first-order valence-electron chi connectivity index (χ1n) is 6.80. The molecule has 7 nitrogen and oxygen atoms in total. The number of nitriles is 1. The zero-order chi connectivity index (χ0) is 16.2. The van der Waals surface area contributed by atoms with E-state index >= 15 is 0 Å². The monoisotopic (exact) mass is 319 g/mol. The number of rotatable bonds is 6. The summed E-state index contributed by atoms with van der Waals surface area (Å²) in [6.45, 7) is 3.75. The molecule has 0 aliphatic carbocycles. The van der Waals surface area contributed by atoms with Gasteiger partial charge in [0.1, 0.15) is 5.82 Å². The smallest absolute Gasteiger partial charge is 0.151 e. The van der Waals surface area contributed by atoms with E-state index in [9.17, 15) is 8.42 Å². The molecule has 116 valence electrons. The van der Waals surface area contributed by atoms with Gasteiger partial charge in [0.15, 0.2) is 9.84 Å². The Morgan fingerprint density at radius 3 is 2.86 bits per heavy atom. The molecule has 0 aliphatic heterocycles. The molecule has 0 saturated carbocycles. The molecule has 0 fully saturated rings. The largest absolute Gasteiger partial charge is 0.338 e. The summed E-state index contributed by atoms with van der Waals surface area (Å²) in [5, 5.41) is 16.1. The van der Waals surface area contributed by atoms with E-state index in [2.05, 4.69) is 21.5 Å². The van der Waals surface area contributed by atoms with Crippen LogP contribution in [0.4, 0.5) is 11.5 Å². The first-order chi connectivity index (χ1) is 10.4. The Balaban J connectivity index is 2.06. The van der Waals surface area contributed by atoms with Crippen LogP contribution in [0.1, 0.15) is 18.2 Å². The van der Waals surface area contributed by atoms with Crippen molar-refractivity contribution in [1.82, 2.24) is 14.8 Å². The van der Waals surface area contributed by atoms with Crippen molar-refractivity contribution in [2.75, 3.05) is 16.8 Å². The Morgan fingerprint density at radius 2 is 2.18 bits per heavy atom. The summed E-state index contributed by atoms with van der Waals surface area (Å²) >= 11 is 0. The second-order valence-electron chi connectivity index (χ2n) is 4.85. The van der Waals surface area contributed by atoms with Crippen LogP contribution in [0.15, 0.2) is 24.5 Å². The Labute approximate surface area is 129 Å². The van der Waals surface area contributed by atoms with Crippen molar-refractivity contribution in [3.8, 4) is 6.07 Å². The lowest BCUT2D eigenvalue weighted by Crippen LogP contribution is -2.14. The van der Waals surface area contributed by atoms with E-state index in [0.29, 0.717) is 23.6 Å². The second-order valence-corrected chi connectivity index (χ2v) is 7.32. The molecule has 0 unspecified atom stereocenters. The van der Waals surface area contributed by atoms with Crippen LogP contribution in [0.2, 0.25) is 0 Å². The van der Waals surface area contributed by atoms with Crippen molar-refractivity contribution >= 4 is 21.3 Å². The molecule has 2 aromatic heterocycles. The lowest BCUT2D eigenvalue weighted by atomic mass is 10.2. The maximum absolute atomic E-state index is 11.5. The normalized spacial score (nSPS) is 11.1. The quantitative estimate of drug-likeness (QED) is 0.868. The Bertz CT molecular complexity index is 805. The average molecular weight is 319 g/mol. The van der Waals surface area contributed by atoms with Crippen LogP contribution in [-0.4, -0.2) is 34.7 Å². The van der Waals surface area contributed by atoms with E-state index in [0.717, 1.165) is 5.69 Å². The molecule has 22 heavy (non-hydrogen) atoms. The van der Waals surface area contributed by atoms with Gasteiger partial charge in [0.2, 0.25) is 0 Å². The van der Waals surface area contributed by atoms with Crippen LogP contribution in [0.25, 0.3) is 0 Å². The first-order valence-corrected chi connectivity index (χ1v) is 8.62. The Hall–Kier alpha value is -2.40.